The first kappa shape index (κ1) is 17.7. The predicted molar refractivity (Wildman–Crippen MR) is 100.0 cm³/mol. The van der Waals surface area contributed by atoms with Crippen LogP contribution in [0.15, 0.2) is 24.3 Å². The molecule has 0 aromatic heterocycles. The van der Waals surface area contributed by atoms with Gasteiger partial charge in [0.15, 0.2) is 23.0 Å². The average Bonchev–Trinajstić information content (AvgIpc) is 3.18. The van der Waals surface area contributed by atoms with Crippen LogP contribution in [0.5, 0.6) is 23.0 Å². The van der Waals surface area contributed by atoms with E-state index < -0.39 is 17.9 Å². The fraction of sp³-hybridized carbons (Fsp3) is 0.333. The summed E-state index contributed by atoms with van der Waals surface area (Å²) in [5.41, 5.74) is 2.50. The number of benzene rings is 2. The lowest BCUT2D eigenvalue weighted by Gasteiger charge is -2.44. The molecule has 0 bridgehead atoms. The van der Waals surface area contributed by atoms with Crippen LogP contribution in [0, 0.1) is 0 Å². The maximum Gasteiger partial charge on any atom is 0.313 e. The highest BCUT2D eigenvalue weighted by Gasteiger charge is 2.47. The van der Waals surface area contributed by atoms with Crippen molar-refractivity contribution in [2.75, 3.05) is 27.6 Å². The van der Waals surface area contributed by atoms with E-state index in [2.05, 4.69) is 0 Å². The van der Waals surface area contributed by atoms with E-state index in [4.69, 9.17) is 18.9 Å². The Labute approximate surface area is 166 Å². The molecule has 2 aromatic rings. The van der Waals surface area contributed by atoms with Gasteiger partial charge in [-0.1, -0.05) is 0 Å². The lowest BCUT2D eigenvalue weighted by atomic mass is 9.76. The summed E-state index contributed by atoms with van der Waals surface area (Å²) in [6.07, 6.45) is 0.614. The summed E-state index contributed by atoms with van der Waals surface area (Å²) < 4.78 is 21.6. The van der Waals surface area contributed by atoms with Gasteiger partial charge in [-0.2, -0.15) is 0 Å². The number of carboxylic acids is 1. The van der Waals surface area contributed by atoms with Crippen molar-refractivity contribution < 1.29 is 33.6 Å². The maximum absolute atomic E-state index is 13.3. The van der Waals surface area contributed by atoms with Crippen molar-refractivity contribution in [2.24, 2.45) is 0 Å². The highest BCUT2D eigenvalue weighted by molar-refractivity contribution is 6.01. The lowest BCUT2D eigenvalue weighted by molar-refractivity contribution is -0.140. The fourth-order valence-electron chi connectivity index (χ4n) is 4.56. The Morgan fingerprint density at radius 1 is 1.07 bits per heavy atom. The Morgan fingerprint density at radius 3 is 2.45 bits per heavy atom. The molecule has 5 rings (SSSR count). The largest absolute Gasteiger partial charge is 0.493 e. The maximum atomic E-state index is 13.3. The number of carbonyl (C=O) groups is 2. The lowest BCUT2D eigenvalue weighted by Crippen LogP contribution is -2.48. The minimum atomic E-state index is -1.01. The van der Waals surface area contributed by atoms with Crippen LogP contribution >= 0.6 is 0 Å². The number of methoxy groups -OCH3 is 2. The van der Waals surface area contributed by atoms with Gasteiger partial charge < -0.3 is 29.0 Å². The van der Waals surface area contributed by atoms with Gasteiger partial charge in [0.25, 0.3) is 5.91 Å². The monoisotopic (exact) mass is 397 g/mol. The van der Waals surface area contributed by atoms with Gasteiger partial charge in [-0.05, 0) is 47.4 Å². The smallest absolute Gasteiger partial charge is 0.313 e. The number of nitrogens with zero attached hydrogens (tertiary/aromatic N) is 1. The number of carbonyl (C=O) groups excluding carboxylic acids is 1. The molecular weight excluding hydrogens is 378 g/mol. The number of amides is 1. The molecule has 0 saturated heterocycles. The van der Waals surface area contributed by atoms with Crippen LogP contribution in [0.1, 0.15) is 39.0 Å². The van der Waals surface area contributed by atoms with E-state index >= 15 is 0 Å². The van der Waals surface area contributed by atoms with Crippen LogP contribution in [0.2, 0.25) is 0 Å². The minimum Gasteiger partial charge on any atom is -0.493 e. The zero-order valence-corrected chi connectivity index (χ0v) is 15.9. The molecule has 1 amide bonds. The number of carboxylic acid groups (broad SMARTS) is 1. The molecule has 150 valence electrons. The second kappa shape index (κ2) is 6.30. The van der Waals surface area contributed by atoms with Crippen LogP contribution in [0.25, 0.3) is 0 Å². The number of hydrogen-bond donors (Lipinski definition) is 1. The van der Waals surface area contributed by atoms with Crippen LogP contribution in [-0.2, 0) is 11.2 Å². The van der Waals surface area contributed by atoms with Crippen molar-refractivity contribution in [3.05, 3.63) is 46.5 Å². The van der Waals surface area contributed by atoms with E-state index in [1.165, 1.54) is 14.2 Å². The number of fused-ring (bicyclic) bond motifs is 5. The second-order valence-electron chi connectivity index (χ2n) is 7.21. The van der Waals surface area contributed by atoms with E-state index in [9.17, 15) is 14.7 Å². The molecule has 0 spiro atoms. The van der Waals surface area contributed by atoms with Crippen molar-refractivity contribution in [3.8, 4) is 23.0 Å². The van der Waals surface area contributed by atoms with Crippen molar-refractivity contribution in [1.29, 1.82) is 0 Å². The molecule has 2 aromatic carbocycles. The average molecular weight is 397 g/mol. The molecule has 8 heteroatoms. The summed E-state index contributed by atoms with van der Waals surface area (Å²) in [4.78, 5) is 27.4. The first-order chi connectivity index (χ1) is 14.0. The Hall–Kier alpha value is -3.42. The third-order valence-electron chi connectivity index (χ3n) is 5.87. The van der Waals surface area contributed by atoms with E-state index in [1.54, 1.807) is 17.0 Å². The normalized spacial score (nSPS) is 21.2. The minimum absolute atomic E-state index is 0.133. The van der Waals surface area contributed by atoms with E-state index in [-0.39, 0.29) is 12.7 Å². The number of rotatable bonds is 3. The van der Waals surface area contributed by atoms with Crippen LogP contribution in [-0.4, -0.2) is 49.4 Å². The van der Waals surface area contributed by atoms with E-state index in [0.717, 1.165) is 11.1 Å². The zero-order valence-electron chi connectivity index (χ0n) is 15.9. The van der Waals surface area contributed by atoms with Crippen LogP contribution in [0.4, 0.5) is 0 Å². The van der Waals surface area contributed by atoms with Gasteiger partial charge in [-0.25, -0.2) is 0 Å². The SMILES string of the molecule is COc1cc2c(cc1OC)[C@H](C(=O)O)[C@@H]1c3cc4c(cc3CCN1C2=O)OCO4. The van der Waals surface area contributed by atoms with Crippen molar-refractivity contribution in [1.82, 2.24) is 4.90 Å². The highest BCUT2D eigenvalue weighted by atomic mass is 16.7. The standard InChI is InChI=1S/C21H19NO7/c1-26-14-7-12-13(8-15(14)27-2)20(23)22-4-3-10-5-16-17(29-9-28-16)6-11(10)19(22)18(12)21(24)25/h5-8,18-19H,3-4,9H2,1-2H3,(H,24,25)/t18-,19-/m0/s1. The van der Waals surface area contributed by atoms with Crippen LogP contribution in [0.3, 0.4) is 0 Å². The summed E-state index contributed by atoms with van der Waals surface area (Å²) in [5.74, 6) is -0.165. The zero-order chi connectivity index (χ0) is 20.3. The second-order valence-corrected chi connectivity index (χ2v) is 7.21. The Balaban J connectivity index is 1.72. The first-order valence-corrected chi connectivity index (χ1v) is 9.25. The topological polar surface area (TPSA) is 94.5 Å². The number of hydrogen-bond acceptors (Lipinski definition) is 6. The first-order valence-electron chi connectivity index (χ1n) is 9.25. The molecule has 29 heavy (non-hydrogen) atoms. The van der Waals surface area contributed by atoms with Crippen molar-refractivity contribution in [2.45, 2.75) is 18.4 Å². The molecule has 0 radical (unpaired) electrons. The summed E-state index contributed by atoms with van der Waals surface area (Å²) in [6.45, 7) is 0.557. The molecule has 8 nitrogen and oxygen atoms in total. The van der Waals surface area contributed by atoms with Gasteiger partial charge in [0.1, 0.15) is 5.92 Å². The molecule has 3 aliphatic rings. The van der Waals surface area contributed by atoms with Gasteiger partial charge in [-0.3, -0.25) is 9.59 Å². The quantitative estimate of drug-likeness (QED) is 0.850. The fourth-order valence-corrected chi connectivity index (χ4v) is 4.56. The Bertz CT molecular complexity index is 1050. The molecule has 1 N–H and O–H groups in total. The van der Waals surface area contributed by atoms with Crippen molar-refractivity contribution >= 4 is 11.9 Å². The summed E-state index contributed by atoms with van der Waals surface area (Å²) in [7, 11) is 2.96. The third kappa shape index (κ3) is 2.45. The molecule has 3 heterocycles. The molecule has 0 fully saturated rings. The van der Waals surface area contributed by atoms with Gasteiger partial charge in [0.2, 0.25) is 6.79 Å². The molecule has 0 saturated carbocycles. The molecular formula is C21H19NO7. The van der Waals surface area contributed by atoms with Gasteiger partial charge >= 0.3 is 5.97 Å². The van der Waals surface area contributed by atoms with Gasteiger partial charge in [0, 0.05) is 12.1 Å². The number of aliphatic carboxylic acids is 1. The molecule has 0 unspecified atom stereocenters. The third-order valence-corrected chi connectivity index (χ3v) is 5.87. The van der Waals surface area contributed by atoms with E-state index in [1.807, 2.05) is 12.1 Å². The molecule has 3 aliphatic heterocycles. The van der Waals surface area contributed by atoms with Crippen LogP contribution < -0.4 is 18.9 Å². The van der Waals surface area contributed by atoms with Gasteiger partial charge in [-0.15, -0.1) is 0 Å². The Morgan fingerprint density at radius 2 is 1.76 bits per heavy atom. The predicted octanol–water partition coefficient (Wildman–Crippen LogP) is 2.35. The van der Waals surface area contributed by atoms with Crippen molar-refractivity contribution in [3.63, 3.8) is 0 Å². The molecule has 0 aliphatic carbocycles. The van der Waals surface area contributed by atoms with E-state index in [0.29, 0.717) is 47.1 Å². The summed E-state index contributed by atoms with van der Waals surface area (Å²) in [6, 6.07) is 6.23. The summed E-state index contributed by atoms with van der Waals surface area (Å²) in [5, 5.41) is 10.2. The Kier molecular flexibility index (Phi) is 3.84. The highest BCUT2D eigenvalue weighted by Crippen LogP contribution is 2.50. The number of ether oxygens (including phenoxy) is 4. The van der Waals surface area contributed by atoms with Gasteiger partial charge in [0.05, 0.1) is 20.3 Å². The molecule has 2 atom stereocenters. The summed E-state index contributed by atoms with van der Waals surface area (Å²) >= 11 is 0.